The van der Waals surface area contributed by atoms with Crippen molar-refractivity contribution in [2.75, 3.05) is 26.4 Å². The van der Waals surface area contributed by atoms with E-state index in [1.165, 1.54) is 89.9 Å². The van der Waals surface area contributed by atoms with Gasteiger partial charge in [0.15, 0.2) is 5.78 Å². The smallest absolute Gasteiger partial charge is 0.354 e. The average Bonchev–Trinajstić information content (AvgIpc) is 0.739. The zero-order chi connectivity index (χ0) is 68.4. The van der Waals surface area contributed by atoms with Gasteiger partial charge >= 0.3 is 5.78 Å². The van der Waals surface area contributed by atoms with E-state index in [1.54, 1.807) is 0 Å². The van der Waals surface area contributed by atoms with Gasteiger partial charge in [-0.2, -0.15) is 0 Å². The number of phenols is 1. The summed E-state index contributed by atoms with van der Waals surface area (Å²) < 4.78 is 12.8. The number of unbranched alkanes of at least 4 members (excludes halogenated alkanes) is 18. The lowest BCUT2D eigenvalue weighted by Gasteiger charge is -2.31. The van der Waals surface area contributed by atoms with Crippen LogP contribution in [0.5, 0.6) is 11.5 Å². The van der Waals surface area contributed by atoms with E-state index in [2.05, 4.69) is 169 Å². The summed E-state index contributed by atoms with van der Waals surface area (Å²) in [6, 6.07) is 20.7. The summed E-state index contributed by atoms with van der Waals surface area (Å²) in [5, 5.41) is 60.5. The molecule has 5 aromatic rings. The van der Waals surface area contributed by atoms with E-state index < -0.39 is 10.8 Å². The second-order valence-corrected chi connectivity index (χ2v) is 30.5. The molecule has 2 aliphatic rings. The summed E-state index contributed by atoms with van der Waals surface area (Å²) in [4.78, 5) is 14.4. The number of hydrogen-bond acceptors (Lipinski definition) is 7. The lowest BCUT2D eigenvalue weighted by Crippen LogP contribution is -2.28. The Kier molecular flexibility index (Phi) is 27.2. The predicted octanol–water partition coefficient (Wildman–Crippen LogP) is 18.7. The average molecular weight is 1270 g/mol. The molecule has 0 atom stereocenters. The van der Waals surface area contributed by atoms with Crippen LogP contribution in [0.25, 0.3) is 44.0 Å². The molecule has 0 unspecified atom stereocenters. The number of allylic oxidation sites excluding steroid dienone is 7. The van der Waals surface area contributed by atoms with Crippen LogP contribution < -0.4 is 15.2 Å². The molecule has 0 aliphatic heterocycles. The number of aliphatic hydroxyl groups excluding tert-OH is 4. The number of aromatic hydroxyl groups is 1. The molecule has 94 heavy (non-hydrogen) atoms. The fourth-order valence-corrected chi connectivity index (χ4v) is 13.0. The molecule has 2 aliphatic carbocycles. The summed E-state index contributed by atoms with van der Waals surface area (Å²) in [5.41, 5.74) is 15.7. The Morgan fingerprint density at radius 1 is 0.468 bits per heavy atom. The fourth-order valence-electron chi connectivity index (χ4n) is 13.0. The van der Waals surface area contributed by atoms with Gasteiger partial charge in [0, 0.05) is 61.7 Å². The van der Waals surface area contributed by atoms with Gasteiger partial charge in [-0.15, -0.1) is 0 Å². The van der Waals surface area contributed by atoms with Crippen molar-refractivity contribution < 1.29 is 39.5 Å². The van der Waals surface area contributed by atoms with Crippen LogP contribution in [-0.4, -0.2) is 63.5 Å². The van der Waals surface area contributed by atoms with E-state index in [9.17, 15) is 30.3 Å². The number of rotatable bonds is 28. The number of fused-ring (bicyclic) bond motifs is 2. The number of hydrogen-bond donors (Lipinski definition) is 5. The van der Waals surface area contributed by atoms with E-state index in [0.717, 1.165) is 115 Å². The van der Waals surface area contributed by atoms with Gasteiger partial charge in [-0.05, 0) is 139 Å². The highest BCUT2D eigenvalue weighted by Gasteiger charge is 2.35. The number of carbonyl (C=O) groups excluding carboxylic acids is 2. The highest BCUT2D eigenvalue weighted by Crippen LogP contribution is 2.44. The van der Waals surface area contributed by atoms with Gasteiger partial charge in [0.1, 0.15) is 11.5 Å². The molecule has 0 saturated carbocycles. The topological polar surface area (TPSA) is 139 Å². The minimum absolute atomic E-state index is 0.0488. The minimum Gasteiger partial charge on any atom is -0.507 e. The van der Waals surface area contributed by atoms with Gasteiger partial charge in [-0.3, -0.25) is 9.22 Å². The van der Waals surface area contributed by atoms with Crippen LogP contribution >= 0.6 is 0 Å². The van der Waals surface area contributed by atoms with Crippen molar-refractivity contribution in [2.45, 2.75) is 249 Å². The zero-order valence-corrected chi connectivity index (χ0v) is 59.9. The first-order valence-corrected chi connectivity index (χ1v) is 35.6. The van der Waals surface area contributed by atoms with Crippen molar-refractivity contribution in [3.63, 3.8) is 0 Å². The van der Waals surface area contributed by atoms with Gasteiger partial charge in [-0.25, -0.2) is 0 Å². The number of carbonyl (C=O) groups is 1. The normalized spacial score (nSPS) is 14.0. The van der Waals surface area contributed by atoms with Crippen molar-refractivity contribution in [3.8, 4) is 34.5 Å². The van der Waals surface area contributed by atoms with Crippen molar-refractivity contribution in [3.05, 3.63) is 162 Å². The van der Waals surface area contributed by atoms with E-state index in [1.807, 2.05) is 36.4 Å². The van der Waals surface area contributed by atoms with E-state index in [-0.39, 0.29) is 43.0 Å². The molecule has 0 heterocycles. The number of ether oxygens (including phenoxy) is 1. The van der Waals surface area contributed by atoms with Crippen molar-refractivity contribution in [1.29, 1.82) is 0 Å². The maximum Gasteiger partial charge on any atom is 0.354 e. The van der Waals surface area contributed by atoms with Gasteiger partial charge in [0.05, 0.1) is 44.2 Å². The minimum atomic E-state index is -0.443. The third-order valence-electron chi connectivity index (χ3n) is 18.5. The van der Waals surface area contributed by atoms with E-state index >= 15 is 0 Å². The maximum absolute atomic E-state index is 14.4. The summed E-state index contributed by atoms with van der Waals surface area (Å²) in [6.07, 6.45) is 31.9. The van der Waals surface area contributed by atoms with E-state index in [0.29, 0.717) is 63.9 Å². The number of benzene rings is 5. The van der Waals surface area contributed by atoms with Crippen LogP contribution in [0.3, 0.4) is 0 Å². The first-order chi connectivity index (χ1) is 44.8. The molecule has 504 valence electrons. The van der Waals surface area contributed by atoms with Gasteiger partial charge < -0.3 is 30.3 Å². The predicted molar refractivity (Wildman–Crippen MR) is 393 cm³/mol. The first kappa shape index (κ1) is 74.6. The Morgan fingerprint density at radius 2 is 0.936 bits per heavy atom. The lowest BCUT2D eigenvalue weighted by molar-refractivity contribution is -0.457. The van der Waals surface area contributed by atoms with Crippen LogP contribution in [0.4, 0.5) is 0 Å². The summed E-state index contributed by atoms with van der Waals surface area (Å²) in [5.74, 6) is 8.48. The molecule has 8 nitrogen and oxygen atoms in total. The third-order valence-corrected chi connectivity index (χ3v) is 18.5. The quantitative estimate of drug-likeness (QED) is 0.0111. The molecule has 0 amide bonds. The van der Waals surface area contributed by atoms with Crippen LogP contribution in [0.1, 0.15) is 259 Å². The number of aliphatic hydroxyl groups is 4. The molecular weight excluding hydrogens is 1160 g/mol. The molecule has 0 spiro atoms. The molecule has 0 saturated heterocycles. The highest BCUT2D eigenvalue weighted by molar-refractivity contribution is 6.15. The maximum atomic E-state index is 14.4. The Hall–Kier alpha value is -6.78. The van der Waals surface area contributed by atoms with Crippen LogP contribution in [0, 0.1) is 22.7 Å². The number of Topliss-reactive ketones (excluding diaryl/α,β-unsaturated/α-hetero) is 1. The van der Waals surface area contributed by atoms with Gasteiger partial charge in [0.2, 0.25) is 0 Å². The number of ketones is 2. The molecule has 5 aromatic carbocycles. The van der Waals surface area contributed by atoms with Crippen molar-refractivity contribution >= 4 is 44.4 Å². The first-order valence-electron chi connectivity index (χ1n) is 35.6. The Morgan fingerprint density at radius 3 is 1.40 bits per heavy atom. The largest absolute Gasteiger partial charge is 0.507 e. The standard InChI is InChI=1S/C86H112O8/c1-15-17-19-21-23-25-27-29-31-33-43-93-81-65(55-87)45-59(46-66(81)56-88)35-39-69-70-41-37-61(63-51-75(83(3,4)5)79(91)76(52-63)84(6,7)8)49-73(70)72(74-50-62(38-42-71(69)74)64-53-77(85(9,10)11)80(92)78(54-64)86(12,13)14)40-36-60-47-67(57-89)82(68(48-60)58-90)94-44-34-32-30-28-26-24-22-20-18-16-2/h37-38,41-42,45-54,87-90H,15-34,43-44,55-58H2,1-14H3/p+1. The van der Waals surface area contributed by atoms with Crippen molar-refractivity contribution in [1.82, 2.24) is 0 Å². The van der Waals surface area contributed by atoms with E-state index in [4.69, 9.17) is 9.16 Å². The number of phenolic OH excluding ortho intramolecular Hbond substituents is 1. The van der Waals surface area contributed by atoms with Gasteiger partial charge in [-0.1, -0.05) is 254 Å². The Balaban J connectivity index is 1.49. The molecule has 7 rings (SSSR count). The van der Waals surface area contributed by atoms with Crippen LogP contribution in [0.15, 0.2) is 119 Å². The summed E-state index contributed by atoms with van der Waals surface area (Å²) >= 11 is 0. The van der Waals surface area contributed by atoms with Crippen molar-refractivity contribution in [2.24, 2.45) is 10.8 Å². The molecule has 5 N–H and O–H groups in total. The Labute approximate surface area is 564 Å². The Bertz CT molecular complexity index is 3810. The van der Waals surface area contributed by atoms with Crippen LogP contribution in [-0.2, 0) is 33.3 Å². The molecule has 0 radical (unpaired) electrons. The fraction of sp³-hybridized carbons (Fsp3) is 0.512. The van der Waals surface area contributed by atoms with Gasteiger partial charge in [0.25, 0.3) is 6.61 Å². The lowest BCUT2D eigenvalue weighted by atomic mass is 9.71. The molecule has 0 aromatic heterocycles. The molecule has 0 bridgehead atoms. The second kappa shape index (κ2) is 34.2. The highest BCUT2D eigenvalue weighted by atomic mass is 16.5. The zero-order valence-electron chi connectivity index (χ0n) is 59.9. The third kappa shape index (κ3) is 19.7. The SMILES string of the molecule is CCCCCCCCCCCCOc1c(CO)cc(C#Cc2c3ccc(-c4cc(C(C)(C)C)c(O)c(C(C)(C)C)c4)cc3c(=C=C=C3C=C(CO)C(=[O+]CCCCCCCCCCCC)C(CO)=C3)c3cc(=C4C=C(C(C)(C)C)C(=O)C(C(C)(C)C)=C4)ccc23)cc1CO. The summed E-state index contributed by atoms with van der Waals surface area (Å²) in [6.45, 7) is 29.5. The van der Waals surface area contributed by atoms with Crippen LogP contribution in [0.2, 0.25) is 0 Å². The molecule has 8 heteroatoms. The molecular formula is C86H113O8+. The monoisotopic (exact) mass is 1270 g/mol. The molecule has 0 fully saturated rings. The summed E-state index contributed by atoms with van der Waals surface area (Å²) in [7, 11) is 0. The second-order valence-electron chi connectivity index (χ2n) is 30.5.